The number of aliphatic hydroxyl groups excluding tert-OH is 1. The van der Waals surface area contributed by atoms with Gasteiger partial charge in [-0.1, -0.05) is 42.5 Å². The summed E-state index contributed by atoms with van der Waals surface area (Å²) >= 11 is 0. The fourth-order valence-electron chi connectivity index (χ4n) is 1.09. The highest BCUT2D eigenvalue weighted by atomic mass is 16.3. The van der Waals surface area contributed by atoms with Crippen molar-refractivity contribution in [3.05, 3.63) is 53.6 Å². The Morgan fingerprint density at radius 2 is 1.94 bits per heavy atom. The van der Waals surface area contributed by atoms with Crippen molar-refractivity contribution in [1.29, 1.82) is 10.5 Å². The number of nitrogens with zero attached hydrogens (tertiary/aromatic N) is 2. The van der Waals surface area contributed by atoms with Gasteiger partial charge in [-0.2, -0.15) is 10.5 Å². The largest absolute Gasteiger partial charge is 0.373 e. The third-order valence-corrected chi connectivity index (χ3v) is 1.91. The molecule has 3 nitrogen and oxygen atoms in total. The van der Waals surface area contributed by atoms with Gasteiger partial charge < -0.3 is 5.11 Å². The number of nitriles is 2. The van der Waals surface area contributed by atoms with Crippen LogP contribution in [0.2, 0.25) is 0 Å². The molecule has 1 atom stereocenters. The quantitative estimate of drug-likeness (QED) is 0.471. The van der Waals surface area contributed by atoms with Gasteiger partial charge >= 0.3 is 0 Å². The number of allylic oxidation sites excluding steroid dienone is 2. The minimum Gasteiger partial charge on any atom is -0.373 e. The highest BCUT2D eigenvalue weighted by Gasteiger charge is 2.06. The molecule has 3 heteroatoms. The molecule has 0 saturated heterocycles. The minimum absolute atomic E-state index is 0.0367. The molecule has 1 aromatic carbocycles. The predicted octanol–water partition coefficient (Wildman–Crippen LogP) is 2.03. The summed E-state index contributed by atoms with van der Waals surface area (Å²) in [7, 11) is 0. The maximum absolute atomic E-state index is 9.13. The summed E-state index contributed by atoms with van der Waals surface area (Å²) in [6.45, 7) is 0. The van der Waals surface area contributed by atoms with Gasteiger partial charge in [-0.15, -0.1) is 0 Å². The van der Waals surface area contributed by atoms with Gasteiger partial charge in [0.1, 0.15) is 0 Å². The van der Waals surface area contributed by atoms with Crippen LogP contribution in [0.3, 0.4) is 0 Å². The standard InChI is InChI=1S/C13H10N2O/c14-9-12(13(16)10-15)8-4-7-11-5-2-1-3-6-11/h1-8,13,16H. The molecule has 0 saturated carbocycles. The zero-order chi connectivity index (χ0) is 11.8. The summed E-state index contributed by atoms with van der Waals surface area (Å²) in [6.07, 6.45) is 3.50. The van der Waals surface area contributed by atoms with Crippen LogP contribution in [-0.4, -0.2) is 11.2 Å². The zero-order valence-corrected chi connectivity index (χ0v) is 8.54. The third-order valence-electron chi connectivity index (χ3n) is 1.91. The van der Waals surface area contributed by atoms with E-state index >= 15 is 0 Å². The maximum Gasteiger partial charge on any atom is 0.175 e. The van der Waals surface area contributed by atoms with Crippen LogP contribution in [0.4, 0.5) is 0 Å². The molecule has 0 aliphatic heterocycles. The molecule has 78 valence electrons. The van der Waals surface area contributed by atoms with Crippen LogP contribution in [0.25, 0.3) is 6.08 Å². The molecule has 0 amide bonds. The average molecular weight is 210 g/mol. The molecule has 0 radical (unpaired) electrons. The van der Waals surface area contributed by atoms with Crippen LogP contribution >= 0.6 is 0 Å². The lowest BCUT2D eigenvalue weighted by molar-refractivity contribution is 0.270. The van der Waals surface area contributed by atoms with E-state index in [9.17, 15) is 0 Å². The van der Waals surface area contributed by atoms with Crippen LogP contribution in [0.1, 0.15) is 5.56 Å². The molecule has 1 rings (SSSR count). The van der Waals surface area contributed by atoms with Gasteiger partial charge in [0.15, 0.2) is 6.10 Å². The lowest BCUT2D eigenvalue weighted by Gasteiger charge is -1.95. The van der Waals surface area contributed by atoms with Crippen LogP contribution in [0.5, 0.6) is 0 Å². The van der Waals surface area contributed by atoms with Crippen molar-refractivity contribution >= 4 is 6.08 Å². The molecule has 0 aliphatic rings. The SMILES string of the molecule is N#CC(=CC=Cc1ccccc1)C(O)C#N. The lowest BCUT2D eigenvalue weighted by Crippen LogP contribution is -2.04. The Morgan fingerprint density at radius 1 is 1.25 bits per heavy atom. The summed E-state index contributed by atoms with van der Waals surface area (Å²) in [5.74, 6) is 0. The van der Waals surface area contributed by atoms with Crippen molar-refractivity contribution in [2.45, 2.75) is 6.10 Å². The van der Waals surface area contributed by atoms with E-state index in [1.54, 1.807) is 24.3 Å². The van der Waals surface area contributed by atoms with Crippen LogP contribution < -0.4 is 0 Å². The number of benzene rings is 1. The van der Waals surface area contributed by atoms with E-state index in [2.05, 4.69) is 0 Å². The van der Waals surface area contributed by atoms with E-state index in [0.29, 0.717) is 0 Å². The Morgan fingerprint density at radius 3 is 2.50 bits per heavy atom. The Balaban J connectivity index is 2.77. The summed E-state index contributed by atoms with van der Waals surface area (Å²) in [5, 5.41) is 26.2. The Hall–Kier alpha value is -2.36. The molecule has 0 aromatic heterocycles. The minimum atomic E-state index is -1.36. The fraction of sp³-hybridized carbons (Fsp3) is 0.0769. The highest BCUT2D eigenvalue weighted by Crippen LogP contribution is 2.04. The molecule has 0 heterocycles. The second kappa shape index (κ2) is 6.19. The molecule has 1 unspecified atom stereocenters. The van der Waals surface area contributed by atoms with E-state index in [0.717, 1.165) is 5.56 Å². The first-order valence-corrected chi connectivity index (χ1v) is 4.69. The van der Waals surface area contributed by atoms with Crippen molar-refractivity contribution in [1.82, 2.24) is 0 Å². The summed E-state index contributed by atoms with van der Waals surface area (Å²) in [6, 6.07) is 12.9. The molecule has 0 aliphatic carbocycles. The zero-order valence-electron chi connectivity index (χ0n) is 8.54. The average Bonchev–Trinajstić information content (AvgIpc) is 2.35. The first kappa shape index (κ1) is 11.7. The summed E-state index contributed by atoms with van der Waals surface area (Å²) < 4.78 is 0. The van der Waals surface area contributed by atoms with E-state index in [-0.39, 0.29) is 5.57 Å². The molecule has 1 N–H and O–H groups in total. The topological polar surface area (TPSA) is 67.8 Å². The molecule has 0 spiro atoms. The van der Waals surface area contributed by atoms with Gasteiger partial charge in [-0.05, 0) is 11.6 Å². The first-order valence-electron chi connectivity index (χ1n) is 4.69. The molecular weight excluding hydrogens is 200 g/mol. The Labute approximate surface area is 94.2 Å². The Kier molecular flexibility index (Phi) is 4.53. The number of aliphatic hydroxyl groups is 1. The second-order valence-corrected chi connectivity index (χ2v) is 3.04. The van der Waals surface area contributed by atoms with E-state index < -0.39 is 6.10 Å². The van der Waals surface area contributed by atoms with E-state index in [1.165, 1.54) is 6.08 Å². The Bertz CT molecular complexity index is 475. The summed E-state index contributed by atoms with van der Waals surface area (Å²) in [4.78, 5) is 0. The molecule has 0 bridgehead atoms. The summed E-state index contributed by atoms with van der Waals surface area (Å²) in [5.41, 5.74) is 1.03. The van der Waals surface area contributed by atoms with Gasteiger partial charge in [0.25, 0.3) is 0 Å². The molecule has 16 heavy (non-hydrogen) atoms. The van der Waals surface area contributed by atoms with Crippen molar-refractivity contribution in [2.24, 2.45) is 0 Å². The van der Waals surface area contributed by atoms with Gasteiger partial charge in [0, 0.05) is 0 Å². The predicted molar refractivity (Wildman–Crippen MR) is 60.8 cm³/mol. The van der Waals surface area contributed by atoms with Crippen LogP contribution in [-0.2, 0) is 0 Å². The van der Waals surface area contributed by atoms with Crippen molar-refractivity contribution < 1.29 is 5.11 Å². The normalized spacial score (nSPS) is 13.1. The molecular formula is C13H10N2O. The number of hydrogen-bond acceptors (Lipinski definition) is 3. The first-order chi connectivity index (χ1) is 7.77. The van der Waals surface area contributed by atoms with Crippen molar-refractivity contribution in [2.75, 3.05) is 0 Å². The smallest absolute Gasteiger partial charge is 0.175 e. The maximum atomic E-state index is 9.13. The number of rotatable bonds is 3. The van der Waals surface area contributed by atoms with E-state index in [1.807, 2.05) is 30.3 Å². The van der Waals surface area contributed by atoms with Crippen LogP contribution in [0, 0.1) is 22.7 Å². The van der Waals surface area contributed by atoms with Gasteiger partial charge in [-0.25, -0.2) is 0 Å². The fourth-order valence-corrected chi connectivity index (χ4v) is 1.09. The lowest BCUT2D eigenvalue weighted by atomic mass is 10.1. The van der Waals surface area contributed by atoms with Crippen LogP contribution in [0.15, 0.2) is 48.1 Å². The molecule has 1 aromatic rings. The molecule has 0 fully saturated rings. The van der Waals surface area contributed by atoms with Gasteiger partial charge in [-0.3, -0.25) is 0 Å². The third kappa shape index (κ3) is 3.42. The van der Waals surface area contributed by atoms with E-state index in [4.69, 9.17) is 15.6 Å². The van der Waals surface area contributed by atoms with Gasteiger partial charge in [0.05, 0.1) is 17.7 Å². The monoisotopic (exact) mass is 210 g/mol. The van der Waals surface area contributed by atoms with Gasteiger partial charge in [0.2, 0.25) is 0 Å². The second-order valence-electron chi connectivity index (χ2n) is 3.04. The van der Waals surface area contributed by atoms with Crippen molar-refractivity contribution in [3.63, 3.8) is 0 Å². The van der Waals surface area contributed by atoms with Crippen molar-refractivity contribution in [3.8, 4) is 12.1 Å². The number of hydrogen-bond donors (Lipinski definition) is 1. The highest BCUT2D eigenvalue weighted by molar-refractivity contribution is 5.52.